The number of phenolic OH excluding ortho intramolecular Hbond substituents is 2. The summed E-state index contributed by atoms with van der Waals surface area (Å²) in [5.41, 5.74) is 4.78. The molecular weight excluding hydrogens is 822 g/mol. The third-order valence-electron chi connectivity index (χ3n) is 10.9. The predicted molar refractivity (Wildman–Crippen MR) is 238 cm³/mol. The van der Waals surface area contributed by atoms with Crippen molar-refractivity contribution in [1.82, 2.24) is 14.9 Å². The van der Waals surface area contributed by atoms with Crippen molar-refractivity contribution in [2.45, 2.75) is 50.7 Å². The number of ether oxygens (including phenoxy) is 3. The van der Waals surface area contributed by atoms with E-state index in [0.29, 0.717) is 29.7 Å². The summed E-state index contributed by atoms with van der Waals surface area (Å²) in [6.45, 7) is 0.423. The molecule has 0 radical (unpaired) electrons. The molecule has 0 spiro atoms. The first-order chi connectivity index (χ1) is 30.5. The molecule has 0 aromatic heterocycles. The number of β-amino-alcohol motifs (C(OH)–C–C–N with tert-alkyl or cyclic N) is 1. The molecule has 6 aromatic carbocycles. The first-order valence-corrected chi connectivity index (χ1v) is 22.3. The average Bonchev–Trinajstić information content (AvgIpc) is 3.38. The van der Waals surface area contributed by atoms with Crippen molar-refractivity contribution in [3.05, 3.63) is 185 Å². The average molecular weight is 874 g/mol. The highest BCUT2D eigenvalue weighted by molar-refractivity contribution is 7.52. The molecule has 0 bridgehead atoms. The van der Waals surface area contributed by atoms with Crippen LogP contribution >= 0.6 is 7.60 Å². The van der Waals surface area contributed by atoms with Crippen molar-refractivity contribution >= 4 is 13.6 Å². The van der Waals surface area contributed by atoms with Gasteiger partial charge in [-0.3, -0.25) is 14.1 Å². The Balaban J connectivity index is 1.13. The Morgan fingerprint density at radius 3 is 1.79 bits per heavy atom. The fourth-order valence-electron chi connectivity index (χ4n) is 7.67. The Morgan fingerprint density at radius 2 is 1.21 bits per heavy atom. The van der Waals surface area contributed by atoms with Gasteiger partial charge in [0, 0.05) is 26.1 Å². The lowest BCUT2D eigenvalue weighted by Gasteiger charge is -2.36. The van der Waals surface area contributed by atoms with E-state index in [2.05, 4.69) is 0 Å². The molecule has 14 heteroatoms. The number of aliphatic hydroxyl groups excluding tert-OH is 1. The summed E-state index contributed by atoms with van der Waals surface area (Å²) in [5.74, 6) is 0.761. The molecule has 1 heterocycles. The number of hydrogen-bond donors (Lipinski definition) is 4. The van der Waals surface area contributed by atoms with Gasteiger partial charge in [0.1, 0.15) is 5.75 Å². The monoisotopic (exact) mass is 873 g/mol. The zero-order valence-corrected chi connectivity index (χ0v) is 36.0. The van der Waals surface area contributed by atoms with Crippen LogP contribution in [0.5, 0.6) is 28.7 Å². The van der Waals surface area contributed by atoms with Crippen LogP contribution in [-0.2, 0) is 41.6 Å². The van der Waals surface area contributed by atoms with Crippen molar-refractivity contribution in [2.75, 3.05) is 27.1 Å². The third-order valence-corrected chi connectivity index (χ3v) is 12.0. The number of rotatable bonds is 18. The van der Waals surface area contributed by atoms with Gasteiger partial charge in [0.15, 0.2) is 29.3 Å². The number of hydrogen-bond acceptors (Lipinski definition) is 10. The maximum atomic E-state index is 15.1. The molecule has 4 atom stereocenters. The van der Waals surface area contributed by atoms with Gasteiger partial charge in [-0.2, -0.15) is 0 Å². The highest BCUT2D eigenvalue weighted by Crippen LogP contribution is 2.48. The predicted octanol–water partition coefficient (Wildman–Crippen LogP) is 8.46. The van der Waals surface area contributed by atoms with Gasteiger partial charge in [-0.25, -0.2) is 9.80 Å². The van der Waals surface area contributed by atoms with E-state index >= 15 is 4.79 Å². The molecule has 0 aliphatic carbocycles. The fourth-order valence-corrected chi connectivity index (χ4v) is 8.64. The lowest BCUT2D eigenvalue weighted by Crippen LogP contribution is -2.51. The van der Waals surface area contributed by atoms with Crippen LogP contribution in [0.2, 0.25) is 0 Å². The van der Waals surface area contributed by atoms with Crippen molar-refractivity contribution in [3.8, 4) is 28.7 Å². The summed E-state index contributed by atoms with van der Waals surface area (Å²) in [5, 5.41) is 36.2. The van der Waals surface area contributed by atoms with Crippen molar-refractivity contribution in [1.29, 1.82) is 0 Å². The lowest BCUT2D eigenvalue weighted by molar-refractivity contribution is -0.0213. The molecule has 6 aromatic rings. The van der Waals surface area contributed by atoms with Crippen LogP contribution in [-0.4, -0.2) is 80.4 Å². The van der Waals surface area contributed by atoms with Gasteiger partial charge in [0.05, 0.1) is 39.0 Å². The molecule has 63 heavy (non-hydrogen) atoms. The summed E-state index contributed by atoms with van der Waals surface area (Å²) in [4.78, 5) is 27.7. The van der Waals surface area contributed by atoms with Crippen molar-refractivity contribution in [2.24, 2.45) is 0 Å². The molecule has 4 N–H and O–H groups in total. The van der Waals surface area contributed by atoms with Gasteiger partial charge in [0.2, 0.25) is 0 Å². The fraction of sp³-hybridized carbons (Fsp3) is 0.245. The number of carbonyl (C=O) groups is 1. The second-order valence-electron chi connectivity index (χ2n) is 15.4. The number of carbonyl (C=O) groups excluding carboxylic acids is 1. The van der Waals surface area contributed by atoms with Gasteiger partial charge in [-0.05, 0) is 76.2 Å². The van der Waals surface area contributed by atoms with E-state index < -0.39 is 32.2 Å². The Kier molecular flexibility index (Phi) is 14.7. The molecular formula is C49H52N3O10P. The Morgan fingerprint density at radius 1 is 0.667 bits per heavy atom. The third kappa shape index (κ3) is 11.8. The zero-order chi connectivity index (χ0) is 44.3. The molecule has 4 unspecified atom stereocenters. The first-order valence-electron chi connectivity index (χ1n) is 20.6. The smallest absolute Gasteiger partial charge is 0.365 e. The van der Waals surface area contributed by atoms with Crippen LogP contribution in [0.3, 0.4) is 0 Å². The number of benzene rings is 6. The molecule has 2 amide bonds. The Bertz CT molecular complexity index is 2460. The van der Waals surface area contributed by atoms with E-state index in [9.17, 15) is 24.8 Å². The molecule has 1 fully saturated rings. The Hall–Kier alpha value is -6.34. The molecule has 1 aliphatic rings. The van der Waals surface area contributed by atoms with Crippen LogP contribution in [0, 0.1) is 0 Å². The number of urea groups is 1. The summed E-state index contributed by atoms with van der Waals surface area (Å²) in [7, 11) is -1.34. The number of methoxy groups -OCH3 is 2. The quantitative estimate of drug-likeness (QED) is 0.0614. The number of nitrogens with zero attached hydrogens (tertiary/aromatic N) is 3. The zero-order valence-electron chi connectivity index (χ0n) is 35.1. The summed E-state index contributed by atoms with van der Waals surface area (Å²) < 4.78 is 35.9. The van der Waals surface area contributed by atoms with E-state index in [-0.39, 0.29) is 55.2 Å². The number of phenols is 2. The number of aliphatic hydroxyl groups is 1. The maximum absolute atomic E-state index is 15.1. The van der Waals surface area contributed by atoms with Crippen LogP contribution in [0.1, 0.15) is 39.5 Å². The van der Waals surface area contributed by atoms with Crippen molar-refractivity contribution in [3.63, 3.8) is 0 Å². The van der Waals surface area contributed by atoms with E-state index in [4.69, 9.17) is 18.7 Å². The largest absolute Gasteiger partial charge is 0.504 e. The van der Waals surface area contributed by atoms with Crippen molar-refractivity contribution < 1.29 is 48.3 Å². The van der Waals surface area contributed by atoms with Crippen LogP contribution in [0.25, 0.3) is 0 Å². The SMILES string of the molecule is COc1cc(CN2C(=O)N(Cc3ccc(O)c(OC)c3)N(Cc3ccc(OCP(=O)(O)OC(Cc4ccccc4)c4ccccc4)cc3)CC(O)C2Cc2ccccc2)ccc1O. The number of hydrazine groups is 1. The summed E-state index contributed by atoms with van der Waals surface area (Å²) in [6.07, 6.45) is -1.52. The Labute approximate surface area is 367 Å². The summed E-state index contributed by atoms with van der Waals surface area (Å²) in [6, 6.07) is 44.3. The standard InChI is InChI=1S/C49H52N3O10P/c1-59-47-28-38(20-24-43(47)53)31-51-42(26-35-12-6-3-7-13-35)45(55)33-50(52(49(51)56)32-39-21-25-44(54)48(29-39)60-2)30-37-18-22-41(23-19-37)61-34-63(57,58)62-46(40-16-10-5-11-17-40)27-36-14-8-4-9-15-36/h3-25,28-29,42,45-46,53-55H,26-27,30-34H2,1-2H3,(H,57,58). The molecule has 7 rings (SSSR count). The number of aromatic hydroxyl groups is 2. The molecule has 0 saturated carbocycles. The van der Waals surface area contributed by atoms with Gasteiger partial charge < -0.3 is 39.3 Å². The molecule has 328 valence electrons. The van der Waals surface area contributed by atoms with E-state index in [1.54, 1.807) is 63.4 Å². The topological polar surface area (TPSA) is 162 Å². The van der Waals surface area contributed by atoms with Gasteiger partial charge >= 0.3 is 13.6 Å². The minimum absolute atomic E-state index is 0.0379. The first kappa shape index (κ1) is 44.7. The minimum Gasteiger partial charge on any atom is -0.504 e. The highest BCUT2D eigenvalue weighted by Gasteiger charge is 2.40. The molecule has 1 saturated heterocycles. The normalized spacial score (nSPS) is 17.1. The second-order valence-corrected chi connectivity index (χ2v) is 17.1. The molecule has 13 nitrogen and oxygen atoms in total. The lowest BCUT2D eigenvalue weighted by atomic mass is 9.99. The second kappa shape index (κ2) is 20.7. The van der Waals surface area contributed by atoms with Crippen LogP contribution in [0.4, 0.5) is 4.79 Å². The van der Waals surface area contributed by atoms with E-state index in [0.717, 1.165) is 22.3 Å². The van der Waals surface area contributed by atoms with Gasteiger partial charge in [-0.15, -0.1) is 0 Å². The van der Waals surface area contributed by atoms with Crippen LogP contribution in [0.15, 0.2) is 152 Å². The highest BCUT2D eigenvalue weighted by atomic mass is 31.2. The van der Waals surface area contributed by atoms with Gasteiger partial charge in [-0.1, -0.05) is 115 Å². The number of amides is 2. The molecule has 1 aliphatic heterocycles. The maximum Gasteiger partial charge on any atom is 0.365 e. The minimum atomic E-state index is -4.25. The van der Waals surface area contributed by atoms with Crippen LogP contribution < -0.4 is 14.2 Å². The van der Waals surface area contributed by atoms with E-state index in [1.165, 1.54) is 26.4 Å². The van der Waals surface area contributed by atoms with E-state index in [1.807, 2.05) is 91.0 Å². The van der Waals surface area contributed by atoms with Gasteiger partial charge in [0.25, 0.3) is 0 Å². The summed E-state index contributed by atoms with van der Waals surface area (Å²) >= 11 is 0.